The minimum Gasteiger partial charge on any atom is -0.454 e. The predicted octanol–water partition coefficient (Wildman–Crippen LogP) is 2.50. The monoisotopic (exact) mass is 497 g/mol. The summed E-state index contributed by atoms with van der Waals surface area (Å²) < 4.78 is 5.89. The lowest BCUT2D eigenvalue weighted by atomic mass is 10.2. The fraction of sp³-hybridized carbons (Fsp3) is 0.167. The van der Waals surface area contributed by atoms with Crippen LogP contribution in [0.2, 0.25) is 0 Å². The number of carbonyl (C=O) groups excluding carboxylic acids is 3. The second kappa shape index (κ2) is 9.78. The third-order valence-electron chi connectivity index (χ3n) is 3.49. The van der Waals surface area contributed by atoms with Gasteiger partial charge in [-0.05, 0) is 59.8 Å². The number of hydrogen-bond donors (Lipinski definition) is 2. The summed E-state index contributed by atoms with van der Waals surface area (Å²) in [5, 5.41) is 15.7. The molecule has 2 aromatic rings. The number of nitrogens with one attached hydrogen (secondary N) is 2. The fourth-order valence-corrected chi connectivity index (χ4v) is 2.45. The van der Waals surface area contributed by atoms with E-state index in [-0.39, 0.29) is 11.3 Å². The summed E-state index contributed by atoms with van der Waals surface area (Å²) in [4.78, 5) is 46.0. The van der Waals surface area contributed by atoms with Crippen molar-refractivity contribution in [3.05, 3.63) is 67.8 Å². The number of benzene rings is 2. The molecule has 2 rings (SSSR count). The lowest BCUT2D eigenvalue weighted by molar-refractivity contribution is -0.384. The maximum atomic E-state index is 12.1. The average Bonchev–Trinajstić information content (AvgIpc) is 2.67. The molecule has 0 radical (unpaired) electrons. The van der Waals surface area contributed by atoms with Crippen molar-refractivity contribution in [1.82, 2.24) is 5.32 Å². The Morgan fingerprint density at radius 2 is 1.86 bits per heavy atom. The molecule has 0 aromatic heterocycles. The summed E-state index contributed by atoms with van der Waals surface area (Å²) in [6, 6.07) is 11.1. The SMILES string of the molecule is CC(NC(=O)c1cccc([N+](=O)[O-])c1)C(=O)OCC(=O)Nc1ccc(I)cc1. The number of nitrogens with zero attached hydrogens (tertiary/aromatic N) is 1. The number of carbonyl (C=O) groups is 3. The third-order valence-corrected chi connectivity index (χ3v) is 4.21. The van der Waals surface area contributed by atoms with Crippen LogP contribution in [-0.2, 0) is 14.3 Å². The molecule has 0 aliphatic carbocycles. The molecule has 0 saturated carbocycles. The van der Waals surface area contributed by atoms with Gasteiger partial charge in [0.2, 0.25) is 0 Å². The average molecular weight is 497 g/mol. The van der Waals surface area contributed by atoms with Crippen LogP contribution in [0.4, 0.5) is 11.4 Å². The molecule has 2 amide bonds. The van der Waals surface area contributed by atoms with Gasteiger partial charge in [-0.3, -0.25) is 19.7 Å². The zero-order valence-electron chi connectivity index (χ0n) is 14.7. The number of nitro benzene ring substituents is 1. The number of rotatable bonds is 7. The summed E-state index contributed by atoms with van der Waals surface area (Å²) in [6.07, 6.45) is 0. The largest absolute Gasteiger partial charge is 0.454 e. The topological polar surface area (TPSA) is 128 Å². The van der Waals surface area contributed by atoms with E-state index in [9.17, 15) is 24.5 Å². The Balaban J connectivity index is 1.84. The highest BCUT2D eigenvalue weighted by Gasteiger charge is 2.20. The number of amides is 2. The second-order valence-electron chi connectivity index (χ2n) is 5.67. The van der Waals surface area contributed by atoms with Crippen LogP contribution in [0, 0.1) is 13.7 Å². The van der Waals surface area contributed by atoms with Crippen molar-refractivity contribution in [2.24, 2.45) is 0 Å². The first-order valence-corrected chi connectivity index (χ1v) is 9.11. The number of ether oxygens (including phenoxy) is 1. The minimum atomic E-state index is -1.04. The molecular weight excluding hydrogens is 481 g/mol. The molecule has 0 aliphatic heterocycles. The molecular formula is C18H16IN3O6. The van der Waals surface area contributed by atoms with Crippen molar-refractivity contribution >= 4 is 51.7 Å². The van der Waals surface area contributed by atoms with Gasteiger partial charge in [0, 0.05) is 27.0 Å². The molecule has 0 heterocycles. The molecule has 28 heavy (non-hydrogen) atoms. The molecule has 1 unspecified atom stereocenters. The van der Waals surface area contributed by atoms with Crippen LogP contribution in [0.15, 0.2) is 48.5 Å². The zero-order valence-corrected chi connectivity index (χ0v) is 16.8. The highest BCUT2D eigenvalue weighted by atomic mass is 127. The summed E-state index contributed by atoms with van der Waals surface area (Å²) in [5.74, 6) is -2.00. The number of nitro groups is 1. The van der Waals surface area contributed by atoms with Gasteiger partial charge in [-0.15, -0.1) is 0 Å². The second-order valence-corrected chi connectivity index (χ2v) is 6.91. The van der Waals surface area contributed by atoms with Crippen molar-refractivity contribution < 1.29 is 24.0 Å². The quantitative estimate of drug-likeness (QED) is 0.262. The van der Waals surface area contributed by atoms with E-state index in [2.05, 4.69) is 33.2 Å². The Hall–Kier alpha value is -3.02. The molecule has 0 saturated heterocycles. The summed E-state index contributed by atoms with van der Waals surface area (Å²) >= 11 is 2.13. The number of non-ortho nitro benzene ring substituents is 1. The molecule has 2 N–H and O–H groups in total. The highest BCUT2D eigenvalue weighted by Crippen LogP contribution is 2.13. The van der Waals surface area contributed by atoms with Gasteiger partial charge < -0.3 is 15.4 Å². The molecule has 0 bridgehead atoms. The maximum absolute atomic E-state index is 12.1. The lowest BCUT2D eigenvalue weighted by Crippen LogP contribution is -2.40. The number of esters is 1. The highest BCUT2D eigenvalue weighted by molar-refractivity contribution is 14.1. The van der Waals surface area contributed by atoms with Gasteiger partial charge in [-0.1, -0.05) is 6.07 Å². The van der Waals surface area contributed by atoms with E-state index in [0.717, 1.165) is 9.64 Å². The van der Waals surface area contributed by atoms with Crippen molar-refractivity contribution in [2.75, 3.05) is 11.9 Å². The first kappa shape index (κ1) is 21.3. The summed E-state index contributed by atoms with van der Waals surface area (Å²) in [7, 11) is 0. The first-order chi connectivity index (χ1) is 13.3. The summed E-state index contributed by atoms with van der Waals surface area (Å²) in [6.45, 7) is 0.871. The van der Waals surface area contributed by atoms with Gasteiger partial charge >= 0.3 is 5.97 Å². The van der Waals surface area contributed by atoms with Crippen LogP contribution in [-0.4, -0.2) is 35.4 Å². The molecule has 9 nitrogen and oxygen atoms in total. The van der Waals surface area contributed by atoms with E-state index in [4.69, 9.17) is 4.74 Å². The Morgan fingerprint density at radius 3 is 2.50 bits per heavy atom. The van der Waals surface area contributed by atoms with E-state index >= 15 is 0 Å². The maximum Gasteiger partial charge on any atom is 0.328 e. The third kappa shape index (κ3) is 6.30. The van der Waals surface area contributed by atoms with Crippen LogP contribution in [0.3, 0.4) is 0 Å². The van der Waals surface area contributed by atoms with Gasteiger partial charge in [0.05, 0.1) is 4.92 Å². The molecule has 0 spiro atoms. The molecule has 1 atom stereocenters. The Morgan fingerprint density at radius 1 is 1.18 bits per heavy atom. The van der Waals surface area contributed by atoms with Gasteiger partial charge in [-0.25, -0.2) is 4.79 Å². The van der Waals surface area contributed by atoms with Crippen LogP contribution in [0.5, 0.6) is 0 Å². The molecule has 0 fully saturated rings. The van der Waals surface area contributed by atoms with E-state index < -0.39 is 35.4 Å². The van der Waals surface area contributed by atoms with E-state index in [1.807, 2.05) is 12.1 Å². The van der Waals surface area contributed by atoms with Crippen LogP contribution >= 0.6 is 22.6 Å². The van der Waals surface area contributed by atoms with Crippen molar-refractivity contribution in [1.29, 1.82) is 0 Å². The standard InChI is InChI=1S/C18H16IN3O6/c1-11(20-17(24)12-3-2-4-15(9-12)22(26)27)18(25)28-10-16(23)21-14-7-5-13(19)6-8-14/h2-9,11H,10H2,1H3,(H,20,24)(H,21,23). The number of halogens is 1. The zero-order chi connectivity index (χ0) is 20.7. The molecule has 10 heteroatoms. The Labute approximate surface area is 173 Å². The van der Waals surface area contributed by atoms with E-state index in [0.29, 0.717) is 5.69 Å². The molecule has 2 aromatic carbocycles. The van der Waals surface area contributed by atoms with E-state index in [1.54, 1.807) is 12.1 Å². The Bertz CT molecular complexity index is 900. The van der Waals surface area contributed by atoms with Crippen molar-refractivity contribution in [2.45, 2.75) is 13.0 Å². The molecule has 0 aliphatic rings. The predicted molar refractivity (Wildman–Crippen MR) is 109 cm³/mol. The fourth-order valence-electron chi connectivity index (χ4n) is 2.09. The minimum absolute atomic E-state index is 0.0327. The normalized spacial score (nSPS) is 11.2. The number of anilines is 1. The Kier molecular flexibility index (Phi) is 7.44. The van der Waals surface area contributed by atoms with Gasteiger partial charge in [-0.2, -0.15) is 0 Å². The van der Waals surface area contributed by atoms with Crippen LogP contribution in [0.25, 0.3) is 0 Å². The van der Waals surface area contributed by atoms with Gasteiger partial charge in [0.25, 0.3) is 17.5 Å². The van der Waals surface area contributed by atoms with Crippen LogP contribution in [0.1, 0.15) is 17.3 Å². The van der Waals surface area contributed by atoms with Crippen molar-refractivity contribution in [3.63, 3.8) is 0 Å². The molecule has 146 valence electrons. The van der Waals surface area contributed by atoms with Crippen molar-refractivity contribution in [3.8, 4) is 0 Å². The van der Waals surface area contributed by atoms with Gasteiger partial charge in [0.1, 0.15) is 6.04 Å². The summed E-state index contributed by atoms with van der Waals surface area (Å²) in [5.41, 5.74) is 0.356. The van der Waals surface area contributed by atoms with Crippen LogP contribution < -0.4 is 10.6 Å². The lowest BCUT2D eigenvalue weighted by Gasteiger charge is -2.13. The number of hydrogen-bond acceptors (Lipinski definition) is 6. The first-order valence-electron chi connectivity index (χ1n) is 8.03. The van der Waals surface area contributed by atoms with E-state index in [1.165, 1.54) is 25.1 Å². The smallest absolute Gasteiger partial charge is 0.328 e. The van der Waals surface area contributed by atoms with Gasteiger partial charge in [0.15, 0.2) is 6.61 Å².